The zero-order valence-electron chi connectivity index (χ0n) is 18.7. The average Bonchev–Trinajstić information content (AvgIpc) is 3.30. The van der Waals surface area contributed by atoms with Gasteiger partial charge in [-0.2, -0.15) is 0 Å². The summed E-state index contributed by atoms with van der Waals surface area (Å²) in [6.45, 7) is -0.124. The number of nitrogens with zero attached hydrogens (tertiary/aromatic N) is 2. The van der Waals surface area contributed by atoms with E-state index >= 15 is 0 Å². The first-order chi connectivity index (χ1) is 17.0. The lowest BCUT2D eigenvalue weighted by atomic mass is 10.00. The number of H-pyrrole nitrogens is 1. The standard InChI is InChI=1S/C28H22ClN3O3/c29-22-16-31-28-21(13-14-30-28)27(22)19-7-4-8-20(15-19)32-17-26(35)25(34)12-10-23(32)24(33)11-9-18-5-2-1-3-6-18/h1-8,13-16,23-24,33H,10,12,17H2,(H,30,31). The third-order valence-electron chi connectivity index (χ3n) is 6.20. The highest BCUT2D eigenvalue weighted by Crippen LogP contribution is 2.36. The monoisotopic (exact) mass is 483 g/mol. The third-order valence-corrected chi connectivity index (χ3v) is 6.49. The van der Waals surface area contributed by atoms with Crippen molar-refractivity contribution in [3.05, 3.63) is 83.6 Å². The maximum absolute atomic E-state index is 12.6. The molecule has 5 rings (SSSR count). The summed E-state index contributed by atoms with van der Waals surface area (Å²) in [6, 6.07) is 18.3. The van der Waals surface area contributed by atoms with E-state index in [1.165, 1.54) is 0 Å². The highest BCUT2D eigenvalue weighted by Gasteiger charge is 2.33. The number of fused-ring (bicyclic) bond motifs is 1. The molecule has 1 saturated heterocycles. The molecule has 2 aromatic carbocycles. The molecule has 2 unspecified atom stereocenters. The van der Waals surface area contributed by atoms with Gasteiger partial charge in [0.2, 0.25) is 5.78 Å². The number of rotatable bonds is 3. The molecule has 0 spiro atoms. The number of benzene rings is 2. The van der Waals surface area contributed by atoms with Crippen molar-refractivity contribution in [3.63, 3.8) is 0 Å². The first-order valence-electron chi connectivity index (χ1n) is 11.3. The third kappa shape index (κ3) is 4.69. The number of pyridine rings is 1. The maximum atomic E-state index is 12.6. The van der Waals surface area contributed by atoms with Crippen LogP contribution < -0.4 is 4.90 Å². The van der Waals surface area contributed by atoms with Crippen LogP contribution in [-0.4, -0.2) is 45.3 Å². The minimum absolute atomic E-state index is 0.0733. The SMILES string of the molecule is O=C1CCC(C(O)C#Cc2ccccc2)N(c2cccc(-c3c(Cl)cnc4[nH]ccc34)c2)CC1=O. The second-order valence-corrected chi connectivity index (χ2v) is 8.84. The van der Waals surface area contributed by atoms with Crippen molar-refractivity contribution >= 4 is 39.9 Å². The second kappa shape index (κ2) is 9.75. The molecule has 0 aliphatic carbocycles. The summed E-state index contributed by atoms with van der Waals surface area (Å²) in [4.78, 5) is 34.0. The number of nitrogens with one attached hydrogen (secondary N) is 1. The zero-order chi connectivity index (χ0) is 24.4. The minimum atomic E-state index is -1.06. The van der Waals surface area contributed by atoms with Crippen molar-refractivity contribution in [1.82, 2.24) is 9.97 Å². The van der Waals surface area contributed by atoms with Crippen LogP contribution >= 0.6 is 11.6 Å². The molecule has 1 aliphatic rings. The molecule has 2 atom stereocenters. The Kier molecular flexibility index (Phi) is 6.37. The molecule has 7 heteroatoms. The van der Waals surface area contributed by atoms with Gasteiger partial charge in [-0.15, -0.1) is 0 Å². The molecule has 174 valence electrons. The Bertz CT molecular complexity index is 1470. The lowest BCUT2D eigenvalue weighted by Gasteiger charge is -2.33. The van der Waals surface area contributed by atoms with Gasteiger partial charge in [0.25, 0.3) is 0 Å². The number of hydrogen-bond donors (Lipinski definition) is 2. The molecular weight excluding hydrogens is 462 g/mol. The molecule has 0 bridgehead atoms. The van der Waals surface area contributed by atoms with Gasteiger partial charge >= 0.3 is 0 Å². The Morgan fingerprint density at radius 2 is 1.91 bits per heavy atom. The molecule has 2 aromatic heterocycles. The number of aromatic nitrogens is 2. The number of Topliss-reactive ketones (excluding diaryl/α,β-unsaturated/α-hetero) is 2. The molecule has 0 saturated carbocycles. The number of aliphatic hydroxyl groups excluding tert-OH is 1. The van der Waals surface area contributed by atoms with Gasteiger partial charge < -0.3 is 15.0 Å². The van der Waals surface area contributed by atoms with Crippen LogP contribution in [0.3, 0.4) is 0 Å². The van der Waals surface area contributed by atoms with E-state index in [0.29, 0.717) is 17.1 Å². The molecule has 2 N–H and O–H groups in total. The van der Waals surface area contributed by atoms with Crippen molar-refractivity contribution in [1.29, 1.82) is 0 Å². The van der Waals surface area contributed by atoms with Gasteiger partial charge in [0.05, 0.1) is 17.6 Å². The van der Waals surface area contributed by atoms with Gasteiger partial charge in [-0.05, 0) is 42.3 Å². The van der Waals surface area contributed by atoms with Crippen LogP contribution in [0.1, 0.15) is 18.4 Å². The van der Waals surface area contributed by atoms with E-state index in [9.17, 15) is 14.7 Å². The normalized spacial score (nSPS) is 17.1. The van der Waals surface area contributed by atoms with Gasteiger partial charge in [-0.1, -0.05) is 53.8 Å². The molecule has 6 nitrogen and oxygen atoms in total. The summed E-state index contributed by atoms with van der Waals surface area (Å²) in [6.07, 6.45) is 2.74. The molecule has 1 fully saturated rings. The number of aliphatic hydroxyl groups is 1. The van der Waals surface area contributed by atoms with Crippen LogP contribution in [0.2, 0.25) is 5.02 Å². The lowest BCUT2D eigenvalue weighted by Crippen LogP contribution is -2.44. The summed E-state index contributed by atoms with van der Waals surface area (Å²) in [5.74, 6) is 5.00. The number of hydrogen-bond acceptors (Lipinski definition) is 5. The van der Waals surface area contributed by atoms with Crippen LogP contribution in [0.15, 0.2) is 73.1 Å². The number of carbonyl (C=O) groups excluding carboxylic acids is 2. The summed E-state index contributed by atoms with van der Waals surface area (Å²) in [7, 11) is 0. The molecule has 1 aliphatic heterocycles. The van der Waals surface area contributed by atoms with Crippen molar-refractivity contribution in [2.75, 3.05) is 11.4 Å². The van der Waals surface area contributed by atoms with Crippen LogP contribution in [0.4, 0.5) is 5.69 Å². The van der Waals surface area contributed by atoms with Gasteiger partial charge in [0, 0.05) is 41.0 Å². The summed E-state index contributed by atoms with van der Waals surface area (Å²) in [5.41, 5.74) is 3.86. The number of carbonyl (C=O) groups is 2. The quantitative estimate of drug-likeness (QED) is 0.333. The molecule has 0 amide bonds. The van der Waals surface area contributed by atoms with E-state index in [4.69, 9.17) is 11.6 Å². The number of anilines is 1. The summed E-state index contributed by atoms with van der Waals surface area (Å²) >= 11 is 6.53. The maximum Gasteiger partial charge on any atom is 0.217 e. The van der Waals surface area contributed by atoms with Crippen LogP contribution in [0.5, 0.6) is 0 Å². The molecular formula is C28H22ClN3O3. The fraction of sp³-hybridized carbons (Fsp3) is 0.179. The summed E-state index contributed by atoms with van der Waals surface area (Å²) < 4.78 is 0. The van der Waals surface area contributed by atoms with E-state index in [0.717, 1.165) is 27.7 Å². The van der Waals surface area contributed by atoms with Gasteiger partial charge in [0.1, 0.15) is 11.8 Å². The van der Waals surface area contributed by atoms with Crippen molar-refractivity contribution in [2.45, 2.75) is 25.0 Å². The highest BCUT2D eigenvalue weighted by atomic mass is 35.5. The molecule has 35 heavy (non-hydrogen) atoms. The van der Waals surface area contributed by atoms with Crippen molar-refractivity contribution < 1.29 is 14.7 Å². The number of halogens is 1. The van der Waals surface area contributed by atoms with Crippen molar-refractivity contribution in [2.24, 2.45) is 0 Å². The smallest absolute Gasteiger partial charge is 0.217 e. The number of aromatic amines is 1. The lowest BCUT2D eigenvalue weighted by molar-refractivity contribution is -0.135. The van der Waals surface area contributed by atoms with E-state index in [1.807, 2.05) is 60.7 Å². The molecule has 0 radical (unpaired) electrons. The van der Waals surface area contributed by atoms with Gasteiger partial charge in [-0.25, -0.2) is 4.98 Å². The van der Waals surface area contributed by atoms with Gasteiger partial charge in [0.15, 0.2) is 5.78 Å². The predicted molar refractivity (Wildman–Crippen MR) is 136 cm³/mol. The predicted octanol–water partition coefficient (Wildman–Crippen LogP) is 4.40. The van der Waals surface area contributed by atoms with E-state index in [2.05, 4.69) is 21.8 Å². The van der Waals surface area contributed by atoms with E-state index in [1.54, 1.807) is 17.3 Å². The minimum Gasteiger partial charge on any atom is -0.378 e. The first kappa shape index (κ1) is 22.9. The molecule has 3 heterocycles. The largest absolute Gasteiger partial charge is 0.378 e. The number of ketones is 2. The van der Waals surface area contributed by atoms with Crippen LogP contribution in [0.25, 0.3) is 22.2 Å². The zero-order valence-corrected chi connectivity index (χ0v) is 19.5. The first-order valence-corrected chi connectivity index (χ1v) is 11.7. The van der Waals surface area contributed by atoms with Gasteiger partial charge in [-0.3, -0.25) is 9.59 Å². The Morgan fingerprint density at radius 1 is 1.09 bits per heavy atom. The Hall–Kier alpha value is -3.92. The Labute approximate surface area is 207 Å². The molecule has 4 aromatic rings. The van der Waals surface area contributed by atoms with Crippen LogP contribution in [-0.2, 0) is 9.59 Å². The fourth-order valence-corrected chi connectivity index (χ4v) is 4.70. The summed E-state index contributed by atoms with van der Waals surface area (Å²) in [5, 5.41) is 12.4. The van der Waals surface area contributed by atoms with Crippen molar-refractivity contribution in [3.8, 4) is 23.0 Å². The van der Waals surface area contributed by atoms with Crippen LogP contribution in [0, 0.1) is 11.8 Å². The van der Waals surface area contributed by atoms with E-state index in [-0.39, 0.29) is 13.0 Å². The topological polar surface area (TPSA) is 86.3 Å². The Morgan fingerprint density at radius 3 is 2.74 bits per heavy atom. The second-order valence-electron chi connectivity index (χ2n) is 8.43. The fourth-order valence-electron chi connectivity index (χ4n) is 4.44. The average molecular weight is 484 g/mol. The Balaban J connectivity index is 1.54. The van der Waals surface area contributed by atoms with E-state index < -0.39 is 23.7 Å². The highest BCUT2D eigenvalue weighted by molar-refractivity contribution is 6.38.